The van der Waals surface area contributed by atoms with Crippen molar-refractivity contribution in [3.63, 3.8) is 0 Å². The van der Waals surface area contributed by atoms with Gasteiger partial charge in [-0.1, -0.05) is 6.92 Å². The Balaban J connectivity index is 1.96. The van der Waals surface area contributed by atoms with Gasteiger partial charge in [0.2, 0.25) is 0 Å². The second kappa shape index (κ2) is 5.65. The number of nitrogens with zero attached hydrogens (tertiary/aromatic N) is 2. The minimum Gasteiger partial charge on any atom is -0.371 e. The van der Waals surface area contributed by atoms with Gasteiger partial charge in [0, 0.05) is 37.2 Å². The number of likely N-dealkylation sites (tertiary alicyclic amines) is 1. The fourth-order valence-corrected chi connectivity index (χ4v) is 3.16. The summed E-state index contributed by atoms with van der Waals surface area (Å²) in [5.74, 6) is 0. The molecule has 0 atom stereocenters. The smallest absolute Gasteiger partial charge is 0.160 e. The average molecular weight is 252 g/mol. The van der Waals surface area contributed by atoms with Gasteiger partial charge in [0.05, 0.1) is 4.88 Å². The lowest BCUT2D eigenvalue weighted by Crippen LogP contribution is -2.43. The lowest BCUT2D eigenvalue weighted by atomic mass is 10.0. The molecule has 1 fully saturated rings. The van der Waals surface area contributed by atoms with Crippen LogP contribution in [0, 0.1) is 0 Å². The van der Waals surface area contributed by atoms with Crippen LogP contribution in [-0.2, 0) is 0 Å². The molecule has 1 aromatic heterocycles. The second-order valence-corrected chi connectivity index (χ2v) is 5.54. The third-order valence-corrected chi connectivity index (χ3v) is 4.53. The number of hydrogen-bond acceptors (Lipinski definition) is 4. The van der Waals surface area contributed by atoms with Crippen LogP contribution in [-0.4, -0.2) is 43.9 Å². The molecule has 0 spiro atoms. The molecule has 0 unspecified atom stereocenters. The molecule has 2 rings (SSSR count). The lowest BCUT2D eigenvalue weighted by molar-refractivity contribution is 0.112. The molecule has 1 saturated heterocycles. The first-order valence-corrected chi connectivity index (χ1v) is 7.11. The molecule has 1 aromatic rings. The molecule has 94 valence electrons. The minimum absolute atomic E-state index is 0.618. The third kappa shape index (κ3) is 2.87. The molecule has 0 N–H and O–H groups in total. The van der Waals surface area contributed by atoms with Crippen molar-refractivity contribution in [2.45, 2.75) is 25.8 Å². The predicted octanol–water partition coefficient (Wildman–Crippen LogP) is 2.48. The first-order valence-electron chi connectivity index (χ1n) is 6.23. The molecule has 0 aromatic carbocycles. The first-order chi connectivity index (χ1) is 8.24. The van der Waals surface area contributed by atoms with E-state index < -0.39 is 0 Å². The van der Waals surface area contributed by atoms with E-state index in [0.717, 1.165) is 17.7 Å². The van der Waals surface area contributed by atoms with Crippen LogP contribution in [0.3, 0.4) is 0 Å². The molecule has 1 aliphatic heterocycles. The first kappa shape index (κ1) is 12.6. The van der Waals surface area contributed by atoms with Crippen molar-refractivity contribution in [2.75, 3.05) is 31.6 Å². The van der Waals surface area contributed by atoms with Crippen LogP contribution < -0.4 is 4.90 Å². The van der Waals surface area contributed by atoms with Gasteiger partial charge in [0.1, 0.15) is 0 Å². The summed E-state index contributed by atoms with van der Waals surface area (Å²) in [6, 6.07) is 2.61. The number of aldehydes is 1. The van der Waals surface area contributed by atoms with Crippen LogP contribution in [0.1, 0.15) is 29.4 Å². The van der Waals surface area contributed by atoms with Crippen LogP contribution in [0.15, 0.2) is 11.4 Å². The highest BCUT2D eigenvalue weighted by Gasteiger charge is 2.22. The largest absolute Gasteiger partial charge is 0.371 e. The van der Waals surface area contributed by atoms with E-state index in [2.05, 4.69) is 29.2 Å². The summed E-state index contributed by atoms with van der Waals surface area (Å²) in [5, 5.41) is 2.08. The maximum absolute atomic E-state index is 10.7. The Morgan fingerprint density at radius 1 is 1.53 bits per heavy atom. The summed E-state index contributed by atoms with van der Waals surface area (Å²) in [7, 11) is 2.14. The normalized spacial score (nSPS) is 18.2. The SMILES string of the molecule is CCN1CCC(N(C)c2csc(C=O)c2)CC1. The molecule has 0 radical (unpaired) electrons. The van der Waals surface area contributed by atoms with E-state index in [1.807, 2.05) is 6.07 Å². The van der Waals surface area contributed by atoms with Crippen LogP contribution >= 0.6 is 11.3 Å². The van der Waals surface area contributed by atoms with Gasteiger partial charge in [-0.3, -0.25) is 4.79 Å². The van der Waals surface area contributed by atoms with Crippen LogP contribution in [0.5, 0.6) is 0 Å². The molecule has 3 nitrogen and oxygen atoms in total. The minimum atomic E-state index is 0.618. The summed E-state index contributed by atoms with van der Waals surface area (Å²) >= 11 is 1.53. The topological polar surface area (TPSA) is 23.6 Å². The molecule has 0 saturated carbocycles. The van der Waals surface area contributed by atoms with E-state index >= 15 is 0 Å². The molecule has 0 amide bonds. The van der Waals surface area contributed by atoms with Gasteiger partial charge in [0.15, 0.2) is 6.29 Å². The van der Waals surface area contributed by atoms with Gasteiger partial charge >= 0.3 is 0 Å². The van der Waals surface area contributed by atoms with Gasteiger partial charge in [-0.2, -0.15) is 0 Å². The highest BCUT2D eigenvalue weighted by atomic mass is 32.1. The van der Waals surface area contributed by atoms with Crippen LogP contribution in [0.4, 0.5) is 5.69 Å². The number of rotatable bonds is 4. The Kier molecular flexibility index (Phi) is 4.18. The fraction of sp³-hybridized carbons (Fsp3) is 0.615. The van der Waals surface area contributed by atoms with Crippen LogP contribution in [0.25, 0.3) is 0 Å². The zero-order valence-corrected chi connectivity index (χ0v) is 11.4. The van der Waals surface area contributed by atoms with E-state index in [1.54, 1.807) is 0 Å². The van der Waals surface area contributed by atoms with E-state index in [1.165, 1.54) is 43.0 Å². The molecule has 0 aliphatic carbocycles. The van der Waals surface area contributed by atoms with Crippen molar-refractivity contribution in [3.8, 4) is 0 Å². The molecule has 2 heterocycles. The second-order valence-electron chi connectivity index (χ2n) is 4.60. The highest BCUT2D eigenvalue weighted by Crippen LogP contribution is 2.26. The van der Waals surface area contributed by atoms with Crippen LogP contribution in [0.2, 0.25) is 0 Å². The quantitative estimate of drug-likeness (QED) is 0.769. The zero-order chi connectivity index (χ0) is 12.3. The molecule has 0 bridgehead atoms. The fourth-order valence-electron chi connectivity index (χ4n) is 2.42. The molecule has 17 heavy (non-hydrogen) atoms. The maximum atomic E-state index is 10.7. The van der Waals surface area contributed by atoms with Gasteiger partial charge in [-0.15, -0.1) is 11.3 Å². The van der Waals surface area contributed by atoms with Gasteiger partial charge in [0.25, 0.3) is 0 Å². The highest BCUT2D eigenvalue weighted by molar-refractivity contribution is 7.12. The average Bonchev–Trinajstić information content (AvgIpc) is 2.87. The van der Waals surface area contributed by atoms with E-state index in [4.69, 9.17) is 0 Å². The van der Waals surface area contributed by atoms with Gasteiger partial charge in [-0.25, -0.2) is 0 Å². The molecule has 1 aliphatic rings. The van der Waals surface area contributed by atoms with Crippen molar-refractivity contribution in [1.82, 2.24) is 4.90 Å². The number of piperidine rings is 1. The molecular formula is C13H20N2OS. The number of anilines is 1. The Morgan fingerprint density at radius 2 is 2.24 bits per heavy atom. The Hall–Kier alpha value is -0.870. The van der Waals surface area contributed by atoms with Crippen molar-refractivity contribution in [1.29, 1.82) is 0 Å². The molecular weight excluding hydrogens is 232 g/mol. The Bertz CT molecular complexity index is 369. The monoisotopic (exact) mass is 252 g/mol. The number of carbonyl (C=O) groups is 1. The Morgan fingerprint density at radius 3 is 2.76 bits per heavy atom. The summed E-state index contributed by atoms with van der Waals surface area (Å²) in [4.78, 5) is 16.3. The van der Waals surface area contributed by atoms with Gasteiger partial charge in [-0.05, 0) is 25.5 Å². The summed E-state index contributed by atoms with van der Waals surface area (Å²) in [5.41, 5.74) is 1.19. The lowest BCUT2D eigenvalue weighted by Gasteiger charge is -2.37. The third-order valence-electron chi connectivity index (χ3n) is 3.68. The zero-order valence-electron chi connectivity index (χ0n) is 10.6. The van der Waals surface area contributed by atoms with E-state index in [9.17, 15) is 4.79 Å². The van der Waals surface area contributed by atoms with E-state index in [0.29, 0.717) is 6.04 Å². The Labute approximate surface area is 107 Å². The molecule has 4 heteroatoms. The number of carbonyl (C=O) groups excluding carboxylic acids is 1. The standard InChI is InChI=1S/C13H20N2OS/c1-3-15-6-4-11(5-7-15)14(2)12-8-13(9-16)17-10-12/h8-11H,3-7H2,1-2H3. The summed E-state index contributed by atoms with van der Waals surface area (Å²) < 4.78 is 0. The number of thiophene rings is 1. The van der Waals surface area contributed by atoms with Crippen molar-refractivity contribution >= 4 is 23.3 Å². The number of hydrogen-bond donors (Lipinski definition) is 0. The van der Waals surface area contributed by atoms with Gasteiger partial charge < -0.3 is 9.80 Å². The summed E-state index contributed by atoms with van der Waals surface area (Å²) in [6.45, 7) is 5.76. The van der Waals surface area contributed by atoms with E-state index in [-0.39, 0.29) is 0 Å². The maximum Gasteiger partial charge on any atom is 0.160 e. The predicted molar refractivity (Wildman–Crippen MR) is 73.2 cm³/mol. The van der Waals surface area contributed by atoms with Crippen molar-refractivity contribution in [2.24, 2.45) is 0 Å². The summed E-state index contributed by atoms with van der Waals surface area (Å²) in [6.07, 6.45) is 3.37. The van der Waals surface area contributed by atoms with Crippen molar-refractivity contribution in [3.05, 3.63) is 16.3 Å². The van der Waals surface area contributed by atoms with Crippen molar-refractivity contribution < 1.29 is 4.79 Å².